The maximum absolute atomic E-state index is 12.9. The van der Waals surface area contributed by atoms with Crippen LogP contribution in [0.1, 0.15) is 16.7 Å². The Labute approximate surface area is 201 Å². The number of alkyl halides is 1. The van der Waals surface area contributed by atoms with Gasteiger partial charge in [0.2, 0.25) is 5.91 Å². The molecule has 1 unspecified atom stereocenters. The third-order valence-electron chi connectivity index (χ3n) is 4.97. The second-order valence-corrected chi connectivity index (χ2v) is 8.61. The number of benzene rings is 3. The van der Waals surface area contributed by atoms with Crippen molar-refractivity contribution in [3.8, 4) is 0 Å². The van der Waals surface area contributed by atoms with Gasteiger partial charge in [0.25, 0.3) is 11.8 Å². The second-order valence-electron chi connectivity index (χ2n) is 7.51. The molecule has 33 heavy (non-hydrogen) atoms. The third kappa shape index (κ3) is 7.88. The Hall–Kier alpha value is -3.45. The maximum Gasteiger partial charge on any atom is 0.252 e. The zero-order chi connectivity index (χ0) is 23.5. The number of carbonyl (C=O) groups is 3. The Morgan fingerprint density at radius 1 is 0.606 bits per heavy atom. The van der Waals surface area contributed by atoms with E-state index in [0.717, 1.165) is 16.7 Å². The lowest BCUT2D eigenvalue weighted by molar-refractivity contribution is -0.136. The van der Waals surface area contributed by atoms with Crippen molar-refractivity contribution < 1.29 is 14.4 Å². The van der Waals surface area contributed by atoms with Gasteiger partial charge in [-0.1, -0.05) is 107 Å². The fourth-order valence-corrected chi connectivity index (χ4v) is 3.68. The summed E-state index contributed by atoms with van der Waals surface area (Å²) in [6.07, 6.45) is 0.427. The summed E-state index contributed by atoms with van der Waals surface area (Å²) in [6.45, 7) is 0.500. The summed E-state index contributed by atoms with van der Waals surface area (Å²) in [5, 5.41) is 8.08. The molecule has 3 N–H and O–H groups in total. The molecule has 3 aromatic carbocycles. The highest BCUT2D eigenvalue weighted by molar-refractivity contribution is 9.10. The van der Waals surface area contributed by atoms with Crippen LogP contribution >= 0.6 is 15.9 Å². The number of amides is 3. The summed E-state index contributed by atoms with van der Waals surface area (Å²) in [7, 11) is 0. The largest absolute Gasteiger partial charge is 0.350 e. The van der Waals surface area contributed by atoms with Crippen molar-refractivity contribution in [2.75, 3.05) is 0 Å². The highest BCUT2D eigenvalue weighted by Crippen LogP contribution is 2.11. The second kappa shape index (κ2) is 12.6. The quantitative estimate of drug-likeness (QED) is 0.291. The van der Waals surface area contributed by atoms with E-state index in [1.54, 1.807) is 0 Å². The summed E-state index contributed by atoms with van der Waals surface area (Å²) in [4.78, 5) is 38.0. The molecular weight excluding hydrogens is 482 g/mol. The van der Waals surface area contributed by atoms with Crippen molar-refractivity contribution in [1.29, 1.82) is 0 Å². The van der Waals surface area contributed by atoms with Gasteiger partial charge in [-0.3, -0.25) is 14.4 Å². The normalized spacial score (nSPS) is 11.5. The Bertz CT molecular complexity index is 991. The van der Waals surface area contributed by atoms with Gasteiger partial charge in [-0.2, -0.15) is 0 Å². The van der Waals surface area contributed by atoms with Gasteiger partial charge in [-0.05, 0) is 23.1 Å². The first-order valence-corrected chi connectivity index (χ1v) is 11.6. The molecular formula is C26H26BrN3O3. The van der Waals surface area contributed by atoms with Gasteiger partial charge in [0.15, 0.2) is 6.04 Å². The predicted octanol–water partition coefficient (Wildman–Crippen LogP) is 3.11. The minimum absolute atomic E-state index is 0.250. The molecule has 0 fully saturated rings. The van der Waals surface area contributed by atoms with Crippen molar-refractivity contribution in [2.24, 2.45) is 0 Å². The highest BCUT2D eigenvalue weighted by Gasteiger charge is 2.30. The topological polar surface area (TPSA) is 87.3 Å². The van der Waals surface area contributed by atoms with E-state index in [9.17, 15) is 14.4 Å². The monoisotopic (exact) mass is 507 g/mol. The minimum Gasteiger partial charge on any atom is -0.350 e. The molecule has 0 spiro atoms. The van der Waals surface area contributed by atoms with E-state index in [1.165, 1.54) is 0 Å². The van der Waals surface area contributed by atoms with Gasteiger partial charge in [-0.25, -0.2) is 0 Å². The molecule has 0 aliphatic rings. The first-order chi connectivity index (χ1) is 16.0. The lowest BCUT2D eigenvalue weighted by Gasteiger charge is -2.20. The highest BCUT2D eigenvalue weighted by atomic mass is 79.9. The Morgan fingerprint density at radius 2 is 1.00 bits per heavy atom. The van der Waals surface area contributed by atoms with Crippen molar-refractivity contribution >= 4 is 33.7 Å². The zero-order valence-corrected chi connectivity index (χ0v) is 19.6. The molecule has 6 nitrogen and oxygen atoms in total. The van der Waals surface area contributed by atoms with Crippen LogP contribution in [0.25, 0.3) is 0 Å². The van der Waals surface area contributed by atoms with Gasteiger partial charge in [0, 0.05) is 13.1 Å². The third-order valence-corrected chi connectivity index (χ3v) is 5.71. The van der Waals surface area contributed by atoms with Crippen LogP contribution in [0.3, 0.4) is 0 Å². The van der Waals surface area contributed by atoms with Crippen molar-refractivity contribution in [3.05, 3.63) is 108 Å². The molecule has 0 saturated heterocycles. The molecule has 170 valence electrons. The minimum atomic E-state index is -1.36. The molecule has 0 aliphatic carbocycles. The van der Waals surface area contributed by atoms with E-state index < -0.39 is 28.6 Å². The average Bonchev–Trinajstić information content (AvgIpc) is 2.86. The summed E-state index contributed by atoms with van der Waals surface area (Å²) < 4.78 is 0. The van der Waals surface area contributed by atoms with Gasteiger partial charge in [0.05, 0.1) is 4.83 Å². The van der Waals surface area contributed by atoms with Gasteiger partial charge in [0.1, 0.15) is 0 Å². The first kappa shape index (κ1) is 24.2. The SMILES string of the molecule is O=C(NC(C(=O)NCc1ccccc1)C(=O)NCc1ccccc1)C(Br)Cc1ccccc1. The van der Waals surface area contributed by atoms with Gasteiger partial charge < -0.3 is 16.0 Å². The molecule has 3 aromatic rings. The fourth-order valence-electron chi connectivity index (χ4n) is 3.17. The standard InChI is InChI=1S/C26H26BrN3O3/c27-22(16-19-10-4-1-5-11-19)24(31)30-23(25(32)28-17-20-12-6-2-7-13-20)26(33)29-18-21-14-8-3-9-15-21/h1-15,22-23H,16-18H2,(H,28,32)(H,29,33)(H,30,31). The van der Waals surface area contributed by atoms with Gasteiger partial charge in [-0.15, -0.1) is 0 Å². The Kier molecular flexibility index (Phi) is 9.20. The molecule has 7 heteroatoms. The molecule has 3 amide bonds. The van der Waals surface area contributed by atoms with E-state index >= 15 is 0 Å². The zero-order valence-electron chi connectivity index (χ0n) is 18.0. The van der Waals surface area contributed by atoms with E-state index in [4.69, 9.17) is 0 Å². The molecule has 0 saturated carbocycles. The van der Waals surface area contributed by atoms with Crippen molar-refractivity contribution in [3.63, 3.8) is 0 Å². The Balaban J connectivity index is 1.65. The fraction of sp³-hybridized carbons (Fsp3) is 0.192. The number of hydrogen-bond acceptors (Lipinski definition) is 3. The summed E-state index contributed by atoms with van der Waals surface area (Å²) in [6, 6.07) is 26.9. The molecule has 0 radical (unpaired) electrons. The van der Waals surface area contributed by atoms with Crippen LogP contribution in [0.5, 0.6) is 0 Å². The van der Waals surface area contributed by atoms with E-state index in [-0.39, 0.29) is 13.1 Å². The van der Waals surface area contributed by atoms with Crippen molar-refractivity contribution in [1.82, 2.24) is 16.0 Å². The number of carbonyl (C=O) groups excluding carboxylic acids is 3. The summed E-state index contributed by atoms with van der Waals surface area (Å²) >= 11 is 3.38. The lowest BCUT2D eigenvalue weighted by Crippen LogP contribution is -2.56. The van der Waals surface area contributed by atoms with Gasteiger partial charge >= 0.3 is 0 Å². The molecule has 0 aromatic heterocycles. The number of rotatable bonds is 10. The predicted molar refractivity (Wildman–Crippen MR) is 131 cm³/mol. The maximum atomic E-state index is 12.9. The van der Waals surface area contributed by atoms with Crippen LogP contribution in [0.2, 0.25) is 0 Å². The first-order valence-electron chi connectivity index (χ1n) is 10.6. The lowest BCUT2D eigenvalue weighted by atomic mass is 10.1. The molecule has 0 aliphatic heterocycles. The molecule has 0 bridgehead atoms. The van der Waals surface area contributed by atoms with Crippen LogP contribution in [-0.2, 0) is 33.9 Å². The van der Waals surface area contributed by atoms with Crippen LogP contribution in [0.4, 0.5) is 0 Å². The Morgan fingerprint density at radius 3 is 1.42 bits per heavy atom. The van der Waals surface area contributed by atoms with E-state index in [2.05, 4.69) is 31.9 Å². The molecule has 3 rings (SSSR count). The average molecular weight is 508 g/mol. The molecule has 0 heterocycles. The van der Waals surface area contributed by atoms with Crippen LogP contribution in [0, 0.1) is 0 Å². The summed E-state index contributed by atoms with van der Waals surface area (Å²) in [5.74, 6) is -1.58. The van der Waals surface area contributed by atoms with Crippen LogP contribution in [-0.4, -0.2) is 28.6 Å². The van der Waals surface area contributed by atoms with E-state index in [1.807, 2.05) is 91.0 Å². The number of hydrogen-bond donors (Lipinski definition) is 3. The molecule has 1 atom stereocenters. The van der Waals surface area contributed by atoms with Crippen molar-refractivity contribution in [2.45, 2.75) is 30.4 Å². The van der Waals surface area contributed by atoms with Crippen LogP contribution < -0.4 is 16.0 Å². The number of halogens is 1. The number of nitrogens with one attached hydrogen (secondary N) is 3. The summed E-state index contributed by atoms with van der Waals surface area (Å²) in [5.41, 5.74) is 2.75. The van der Waals surface area contributed by atoms with E-state index in [0.29, 0.717) is 6.42 Å². The smallest absolute Gasteiger partial charge is 0.252 e. The van der Waals surface area contributed by atoms with Crippen LogP contribution in [0.15, 0.2) is 91.0 Å².